The van der Waals surface area contributed by atoms with E-state index >= 15 is 0 Å². The first-order valence-corrected chi connectivity index (χ1v) is 6.75. The van der Waals surface area contributed by atoms with Gasteiger partial charge in [-0.15, -0.1) is 0 Å². The predicted molar refractivity (Wildman–Crippen MR) is 76.1 cm³/mol. The Morgan fingerprint density at radius 1 is 1.50 bits per heavy atom. The van der Waals surface area contributed by atoms with E-state index in [1.807, 2.05) is 4.90 Å². The summed E-state index contributed by atoms with van der Waals surface area (Å²) in [5, 5.41) is 8.77. The number of nitrogens with one attached hydrogen (secondary N) is 1. The zero-order valence-corrected chi connectivity index (χ0v) is 11.7. The minimum absolute atomic E-state index is 0.442. The molecule has 1 saturated carbocycles. The fourth-order valence-corrected chi connectivity index (χ4v) is 1.94. The molecule has 20 heavy (non-hydrogen) atoms. The molecule has 0 bridgehead atoms. The van der Waals surface area contributed by atoms with Crippen molar-refractivity contribution < 1.29 is 4.74 Å². The molecule has 1 aromatic rings. The number of aromatic nitrogens is 2. The summed E-state index contributed by atoms with van der Waals surface area (Å²) in [6, 6.07) is 3.96. The number of ether oxygens (including phenoxy) is 1. The number of nitrogen functional groups attached to an aromatic ring is 1. The van der Waals surface area contributed by atoms with E-state index in [1.165, 1.54) is 0 Å². The van der Waals surface area contributed by atoms with Gasteiger partial charge in [0, 0.05) is 32.2 Å². The first kappa shape index (κ1) is 14.5. The molecule has 1 aromatic heterocycles. The van der Waals surface area contributed by atoms with Crippen molar-refractivity contribution in [1.29, 1.82) is 5.26 Å². The lowest BCUT2D eigenvalue weighted by Crippen LogP contribution is -2.29. The van der Waals surface area contributed by atoms with Crippen LogP contribution >= 0.6 is 0 Å². The molecule has 7 heteroatoms. The molecule has 0 saturated heterocycles. The van der Waals surface area contributed by atoms with E-state index in [4.69, 9.17) is 15.8 Å². The molecule has 0 atom stereocenters. The molecule has 0 aliphatic heterocycles. The van der Waals surface area contributed by atoms with Gasteiger partial charge in [-0.05, 0) is 12.8 Å². The Morgan fingerprint density at radius 3 is 2.90 bits per heavy atom. The summed E-state index contributed by atoms with van der Waals surface area (Å²) in [4.78, 5) is 11.0. The number of methoxy groups -OCH3 is 1. The van der Waals surface area contributed by atoms with Gasteiger partial charge in [-0.2, -0.15) is 5.26 Å². The maximum absolute atomic E-state index is 8.77. The molecule has 0 radical (unpaired) electrons. The number of hydrogen-bond acceptors (Lipinski definition) is 7. The van der Waals surface area contributed by atoms with E-state index in [-0.39, 0.29) is 0 Å². The zero-order valence-electron chi connectivity index (χ0n) is 11.7. The van der Waals surface area contributed by atoms with Crippen molar-refractivity contribution in [3.8, 4) is 6.07 Å². The van der Waals surface area contributed by atoms with Crippen molar-refractivity contribution in [3.05, 3.63) is 11.9 Å². The van der Waals surface area contributed by atoms with Crippen LogP contribution in [0.2, 0.25) is 0 Å². The number of hydrogen-bond donors (Lipinski definition) is 2. The molecule has 3 N–H and O–H groups in total. The largest absolute Gasteiger partial charge is 0.383 e. The average molecular weight is 276 g/mol. The number of anilines is 2. The number of hydrazine groups is 1. The smallest absolute Gasteiger partial charge is 0.145 e. The number of nitriles is 1. The summed E-state index contributed by atoms with van der Waals surface area (Å²) in [6.45, 7) is 1.88. The molecule has 1 aliphatic carbocycles. The average Bonchev–Trinajstić information content (AvgIpc) is 3.31. The Morgan fingerprint density at radius 2 is 2.30 bits per heavy atom. The maximum Gasteiger partial charge on any atom is 0.145 e. The lowest BCUT2D eigenvalue weighted by molar-refractivity contribution is 0.205. The second-order valence-corrected chi connectivity index (χ2v) is 4.78. The van der Waals surface area contributed by atoms with Crippen LogP contribution in [0.25, 0.3) is 0 Å². The first-order chi connectivity index (χ1) is 9.78. The van der Waals surface area contributed by atoms with Crippen molar-refractivity contribution in [3.63, 3.8) is 0 Å². The van der Waals surface area contributed by atoms with Gasteiger partial charge in [0.05, 0.1) is 19.1 Å². The summed E-state index contributed by atoms with van der Waals surface area (Å²) in [5.74, 6) is 8.15. The fraction of sp³-hybridized carbons (Fsp3) is 0.615. The van der Waals surface area contributed by atoms with Gasteiger partial charge in [-0.1, -0.05) is 0 Å². The van der Waals surface area contributed by atoms with Gasteiger partial charge in [0.1, 0.15) is 17.5 Å². The molecule has 0 aromatic carbocycles. The monoisotopic (exact) mass is 276 g/mol. The van der Waals surface area contributed by atoms with Crippen LogP contribution in [0.15, 0.2) is 6.07 Å². The molecule has 7 nitrogen and oxygen atoms in total. The first-order valence-electron chi connectivity index (χ1n) is 6.75. The van der Waals surface area contributed by atoms with E-state index in [2.05, 4.69) is 21.5 Å². The van der Waals surface area contributed by atoms with Gasteiger partial charge in [-0.3, -0.25) is 0 Å². The molecule has 0 spiro atoms. The van der Waals surface area contributed by atoms with Crippen molar-refractivity contribution in [1.82, 2.24) is 9.97 Å². The summed E-state index contributed by atoms with van der Waals surface area (Å²) in [7, 11) is 1.66. The Balaban J connectivity index is 2.20. The van der Waals surface area contributed by atoms with Crippen LogP contribution in [0.4, 0.5) is 11.6 Å². The summed E-state index contributed by atoms with van der Waals surface area (Å²) in [5.41, 5.74) is 2.58. The minimum Gasteiger partial charge on any atom is -0.383 e. The lowest BCUT2D eigenvalue weighted by Gasteiger charge is -2.23. The molecular formula is C13H20N6O. The number of nitrogens with two attached hydrogens (primary N) is 1. The fourth-order valence-electron chi connectivity index (χ4n) is 1.94. The standard InChI is InChI=1S/C13H20N6O/c1-20-8-7-19(6-2-5-14)12-9-11(18-15)16-13(17-12)10-3-4-10/h9-10H,2-4,6-8,15H2,1H3,(H,16,17,18). The Kier molecular flexibility index (Phi) is 5.09. The summed E-state index contributed by atoms with van der Waals surface area (Å²) >= 11 is 0. The molecule has 108 valence electrons. The summed E-state index contributed by atoms with van der Waals surface area (Å²) in [6.07, 6.45) is 2.70. The lowest BCUT2D eigenvalue weighted by atomic mass is 10.3. The Labute approximate surface area is 118 Å². The Bertz CT molecular complexity index is 482. The van der Waals surface area contributed by atoms with Crippen molar-refractivity contribution in [2.24, 2.45) is 5.84 Å². The van der Waals surface area contributed by atoms with Crippen LogP contribution in [0, 0.1) is 11.3 Å². The van der Waals surface area contributed by atoms with Gasteiger partial charge in [-0.25, -0.2) is 15.8 Å². The van der Waals surface area contributed by atoms with E-state index in [0.717, 1.165) is 24.5 Å². The van der Waals surface area contributed by atoms with Crippen molar-refractivity contribution in [2.45, 2.75) is 25.2 Å². The highest BCUT2D eigenvalue weighted by atomic mass is 16.5. The normalized spacial score (nSPS) is 13.8. The van der Waals surface area contributed by atoms with Crippen LogP contribution < -0.4 is 16.2 Å². The highest BCUT2D eigenvalue weighted by molar-refractivity contribution is 5.49. The highest BCUT2D eigenvalue weighted by Crippen LogP contribution is 2.39. The van der Waals surface area contributed by atoms with E-state index < -0.39 is 0 Å². The van der Waals surface area contributed by atoms with Crippen molar-refractivity contribution in [2.75, 3.05) is 37.1 Å². The predicted octanol–water partition coefficient (Wildman–Crippen LogP) is 1.01. The van der Waals surface area contributed by atoms with Crippen molar-refractivity contribution >= 4 is 11.6 Å². The quantitative estimate of drug-likeness (QED) is 0.539. The number of nitrogens with zero attached hydrogens (tertiary/aromatic N) is 4. The minimum atomic E-state index is 0.442. The molecule has 0 unspecified atom stereocenters. The zero-order chi connectivity index (χ0) is 14.4. The molecule has 2 rings (SSSR count). The SMILES string of the molecule is COCCN(CCC#N)c1cc(NN)nc(C2CC2)n1. The second-order valence-electron chi connectivity index (χ2n) is 4.78. The van der Waals surface area contributed by atoms with Crippen LogP contribution in [0.3, 0.4) is 0 Å². The molecular weight excluding hydrogens is 256 g/mol. The third-order valence-corrected chi connectivity index (χ3v) is 3.20. The molecule has 1 heterocycles. The van der Waals surface area contributed by atoms with Crippen LogP contribution in [0.1, 0.15) is 31.0 Å². The molecule has 1 aliphatic rings. The van der Waals surface area contributed by atoms with Gasteiger partial charge in [0.15, 0.2) is 0 Å². The van der Waals surface area contributed by atoms with E-state index in [0.29, 0.717) is 37.9 Å². The topological polar surface area (TPSA) is 100 Å². The van der Waals surface area contributed by atoms with Gasteiger partial charge >= 0.3 is 0 Å². The van der Waals surface area contributed by atoms with Gasteiger partial charge < -0.3 is 15.1 Å². The van der Waals surface area contributed by atoms with Gasteiger partial charge in [0.2, 0.25) is 0 Å². The maximum atomic E-state index is 8.77. The third-order valence-electron chi connectivity index (χ3n) is 3.20. The third kappa shape index (κ3) is 3.79. The summed E-state index contributed by atoms with van der Waals surface area (Å²) < 4.78 is 5.11. The second kappa shape index (κ2) is 7.03. The van der Waals surface area contributed by atoms with Crippen LogP contribution in [-0.2, 0) is 4.74 Å². The number of rotatable bonds is 8. The Hall–Kier alpha value is -1.91. The van der Waals surface area contributed by atoms with E-state index in [9.17, 15) is 0 Å². The highest BCUT2D eigenvalue weighted by Gasteiger charge is 2.28. The molecule has 1 fully saturated rings. The van der Waals surface area contributed by atoms with Crippen LogP contribution in [-0.4, -0.2) is 36.8 Å². The molecule has 0 amide bonds. The van der Waals surface area contributed by atoms with E-state index in [1.54, 1.807) is 13.2 Å². The van der Waals surface area contributed by atoms with Gasteiger partial charge in [0.25, 0.3) is 0 Å². The van der Waals surface area contributed by atoms with Crippen LogP contribution in [0.5, 0.6) is 0 Å².